The standard InChI is InChI=1S/C44H49N9O5/c1-46-38(56)15-12-34(25-55)50(2)43(57)37-20-33(11-8-31(37)24-54)52-22-29(23-52)21-51-26-44(27-51)18-16-32(17-19-44)53-42-39(41(45)47-28-48-42)40(49-53)30-9-13-36(14-10-30)58-35-6-4-3-5-7-35/h3-11,13-14,20,24-25,28-29,32,34H,12,15-19,21-23,26-27H2,1-2H3,(H,46,56)(H2,45,47,48). The summed E-state index contributed by atoms with van der Waals surface area (Å²) in [6.45, 7) is 4.92. The van der Waals surface area contributed by atoms with Gasteiger partial charge < -0.3 is 35.3 Å². The van der Waals surface area contributed by atoms with Gasteiger partial charge in [0.2, 0.25) is 5.91 Å². The van der Waals surface area contributed by atoms with Gasteiger partial charge in [0.25, 0.3) is 5.91 Å². The van der Waals surface area contributed by atoms with E-state index in [1.54, 1.807) is 12.1 Å². The number of anilines is 2. The van der Waals surface area contributed by atoms with Crippen molar-refractivity contribution in [3.05, 3.63) is 90.3 Å². The van der Waals surface area contributed by atoms with Gasteiger partial charge in [-0.2, -0.15) is 5.10 Å². The van der Waals surface area contributed by atoms with Crippen molar-refractivity contribution >= 4 is 46.9 Å². The summed E-state index contributed by atoms with van der Waals surface area (Å²) >= 11 is 0. The minimum Gasteiger partial charge on any atom is -0.457 e. The number of benzene rings is 3. The summed E-state index contributed by atoms with van der Waals surface area (Å²) in [5.74, 6) is 1.81. The number of para-hydroxylation sites is 1. The lowest BCUT2D eigenvalue weighted by Crippen LogP contribution is -2.61. The number of amides is 2. The first kappa shape index (κ1) is 38.7. The second kappa shape index (κ2) is 16.4. The minimum absolute atomic E-state index is 0.116. The zero-order valence-corrected chi connectivity index (χ0v) is 32.9. The maximum atomic E-state index is 13.5. The molecule has 1 unspecified atom stereocenters. The Morgan fingerprint density at radius 1 is 1.00 bits per heavy atom. The molecule has 3 aliphatic rings. The summed E-state index contributed by atoms with van der Waals surface area (Å²) in [6, 6.07) is 22.3. The number of likely N-dealkylation sites (N-methyl/N-ethyl adjacent to an activating group) is 1. The lowest BCUT2D eigenvalue weighted by Gasteiger charge is -2.55. The van der Waals surface area contributed by atoms with Crippen LogP contribution in [0, 0.1) is 11.3 Å². The third-order valence-electron chi connectivity index (χ3n) is 12.3. The van der Waals surface area contributed by atoms with Crippen LogP contribution in [-0.2, 0) is 9.59 Å². The van der Waals surface area contributed by atoms with Gasteiger partial charge in [-0.3, -0.25) is 14.4 Å². The number of nitrogens with two attached hydrogens (primary N) is 1. The highest BCUT2D eigenvalue weighted by molar-refractivity contribution is 6.03. The van der Waals surface area contributed by atoms with Crippen molar-refractivity contribution in [2.24, 2.45) is 11.3 Å². The van der Waals surface area contributed by atoms with Crippen molar-refractivity contribution in [2.45, 2.75) is 50.6 Å². The van der Waals surface area contributed by atoms with Crippen molar-refractivity contribution in [1.82, 2.24) is 34.9 Å². The van der Waals surface area contributed by atoms with Crippen molar-refractivity contribution in [3.8, 4) is 22.8 Å². The molecule has 1 spiro atoms. The number of ether oxygens (including phenoxy) is 1. The first-order valence-electron chi connectivity index (χ1n) is 20.0. The Morgan fingerprint density at radius 2 is 1.72 bits per heavy atom. The van der Waals surface area contributed by atoms with Gasteiger partial charge in [-0.1, -0.05) is 18.2 Å². The fourth-order valence-electron chi connectivity index (χ4n) is 8.95. The second-order valence-corrected chi connectivity index (χ2v) is 16.1. The predicted octanol–water partition coefficient (Wildman–Crippen LogP) is 5.40. The summed E-state index contributed by atoms with van der Waals surface area (Å²) in [6.07, 6.45) is 7.45. The summed E-state index contributed by atoms with van der Waals surface area (Å²) in [4.78, 5) is 64.0. The van der Waals surface area contributed by atoms with E-state index in [1.807, 2.05) is 60.7 Å². The van der Waals surface area contributed by atoms with E-state index < -0.39 is 11.9 Å². The predicted molar refractivity (Wildman–Crippen MR) is 221 cm³/mol. The van der Waals surface area contributed by atoms with Gasteiger partial charge in [-0.15, -0.1) is 0 Å². The van der Waals surface area contributed by atoms with Crippen LogP contribution in [0.15, 0.2) is 79.1 Å². The minimum atomic E-state index is -0.779. The van der Waals surface area contributed by atoms with E-state index in [9.17, 15) is 19.2 Å². The largest absolute Gasteiger partial charge is 0.457 e. The molecule has 8 rings (SSSR count). The topological polar surface area (TPSA) is 169 Å². The van der Waals surface area contributed by atoms with Crippen LogP contribution >= 0.6 is 0 Å². The van der Waals surface area contributed by atoms with Gasteiger partial charge in [-0.05, 0) is 92.1 Å². The van der Waals surface area contributed by atoms with Crippen LogP contribution in [0.1, 0.15) is 65.3 Å². The number of carbonyl (C=O) groups excluding carboxylic acids is 4. The Hall–Kier alpha value is -6.15. The maximum Gasteiger partial charge on any atom is 0.255 e. The van der Waals surface area contributed by atoms with E-state index in [4.69, 9.17) is 15.6 Å². The Morgan fingerprint density at radius 3 is 2.41 bits per heavy atom. The fraction of sp³-hybridized carbons (Fsp3) is 0.386. The molecule has 2 amide bonds. The van der Waals surface area contributed by atoms with E-state index in [0.29, 0.717) is 29.7 Å². The van der Waals surface area contributed by atoms with Crippen LogP contribution in [-0.4, -0.2) is 107 Å². The van der Waals surface area contributed by atoms with Gasteiger partial charge >= 0.3 is 0 Å². The molecule has 3 aromatic carbocycles. The average Bonchev–Trinajstić information content (AvgIpc) is 3.62. The Labute approximate surface area is 337 Å². The molecule has 2 aromatic heterocycles. The summed E-state index contributed by atoms with van der Waals surface area (Å²) in [5, 5.41) is 8.44. The highest BCUT2D eigenvalue weighted by atomic mass is 16.5. The number of hydrogen-bond acceptors (Lipinski definition) is 11. The van der Waals surface area contributed by atoms with E-state index in [2.05, 4.69) is 29.8 Å². The fourth-order valence-corrected chi connectivity index (χ4v) is 8.95. The number of rotatable bonds is 14. The number of hydrogen-bond donors (Lipinski definition) is 2. The number of nitrogens with one attached hydrogen (secondary N) is 1. The molecule has 2 aliphatic heterocycles. The van der Waals surface area contributed by atoms with Crippen LogP contribution in [0.4, 0.5) is 11.5 Å². The third kappa shape index (κ3) is 7.76. The molecule has 14 nitrogen and oxygen atoms in total. The molecule has 1 saturated carbocycles. The number of likely N-dealkylation sites (tertiary alicyclic amines) is 1. The highest BCUT2D eigenvalue weighted by Crippen LogP contribution is 2.48. The van der Waals surface area contributed by atoms with E-state index in [-0.39, 0.29) is 35.9 Å². The lowest BCUT2D eigenvalue weighted by molar-refractivity contribution is -0.121. The molecule has 0 radical (unpaired) electrons. The van der Waals surface area contributed by atoms with E-state index >= 15 is 0 Å². The summed E-state index contributed by atoms with van der Waals surface area (Å²) < 4.78 is 8.09. The van der Waals surface area contributed by atoms with Gasteiger partial charge in [0.15, 0.2) is 11.9 Å². The number of aromatic nitrogens is 4. The maximum absolute atomic E-state index is 13.5. The van der Waals surface area contributed by atoms with Gasteiger partial charge in [0, 0.05) is 76.0 Å². The molecule has 14 heteroatoms. The highest BCUT2D eigenvalue weighted by Gasteiger charge is 2.47. The zero-order chi connectivity index (χ0) is 40.4. The molecular weight excluding hydrogens is 735 g/mol. The van der Waals surface area contributed by atoms with Gasteiger partial charge in [0.05, 0.1) is 23.0 Å². The molecule has 58 heavy (non-hydrogen) atoms. The summed E-state index contributed by atoms with van der Waals surface area (Å²) in [7, 11) is 3.06. The first-order chi connectivity index (χ1) is 28.2. The quantitative estimate of drug-likeness (QED) is 0.138. The molecule has 1 atom stereocenters. The monoisotopic (exact) mass is 783 g/mol. The molecule has 300 valence electrons. The summed E-state index contributed by atoms with van der Waals surface area (Å²) in [5.41, 5.74) is 10.6. The molecule has 3 N–H and O–H groups in total. The molecule has 1 aliphatic carbocycles. The smallest absolute Gasteiger partial charge is 0.255 e. The molecule has 5 aromatic rings. The molecule has 2 saturated heterocycles. The number of carbonyl (C=O) groups is 4. The van der Waals surface area contributed by atoms with Crippen molar-refractivity contribution < 1.29 is 23.9 Å². The Kier molecular flexibility index (Phi) is 10.9. The number of nitrogen functional groups attached to an aromatic ring is 1. The average molecular weight is 784 g/mol. The van der Waals surface area contributed by atoms with Crippen LogP contribution in [0.5, 0.6) is 11.5 Å². The van der Waals surface area contributed by atoms with Crippen LogP contribution in [0.3, 0.4) is 0 Å². The van der Waals surface area contributed by atoms with Crippen molar-refractivity contribution in [1.29, 1.82) is 0 Å². The van der Waals surface area contributed by atoms with Crippen LogP contribution < -0.4 is 20.7 Å². The van der Waals surface area contributed by atoms with Gasteiger partial charge in [-0.25, -0.2) is 14.6 Å². The SMILES string of the molecule is CNC(=O)CCC(C=O)N(C)C(=O)c1cc(N2CC(CN3CC4(CCC(n5nc(-c6ccc(Oc7ccccc7)cc6)c6c(N)ncnc65)CC4)C3)C2)ccc1C=O. The number of fused-ring (bicyclic) bond motifs is 1. The van der Waals surface area contributed by atoms with Crippen LogP contribution in [0.25, 0.3) is 22.3 Å². The van der Waals surface area contributed by atoms with E-state index in [0.717, 1.165) is 97.9 Å². The van der Waals surface area contributed by atoms with Crippen molar-refractivity contribution in [2.75, 3.05) is 57.5 Å². The normalized spacial score (nSPS) is 17.3. The second-order valence-electron chi connectivity index (χ2n) is 16.1. The zero-order valence-electron chi connectivity index (χ0n) is 32.9. The Bertz CT molecular complexity index is 2290. The van der Waals surface area contributed by atoms with Gasteiger partial charge in [0.1, 0.15) is 35.6 Å². The van der Waals surface area contributed by atoms with E-state index in [1.165, 1.54) is 25.3 Å². The molecule has 4 heterocycles. The molecule has 0 bridgehead atoms. The first-order valence-corrected chi connectivity index (χ1v) is 20.0. The molecular formula is C44H49N9O5. The van der Waals surface area contributed by atoms with Crippen LogP contribution in [0.2, 0.25) is 0 Å². The van der Waals surface area contributed by atoms with Crippen molar-refractivity contribution in [3.63, 3.8) is 0 Å². The number of nitrogens with zero attached hydrogens (tertiary/aromatic N) is 7. The molecule has 3 fully saturated rings. The number of aldehydes is 2. The lowest BCUT2D eigenvalue weighted by atomic mass is 9.67. The Balaban J connectivity index is 0.849. The third-order valence-corrected chi connectivity index (χ3v) is 12.3.